The fraction of sp³-hybridized carbons (Fsp3) is 0.129. The van der Waals surface area contributed by atoms with Crippen LogP contribution < -0.4 is 10.6 Å². The van der Waals surface area contributed by atoms with E-state index in [1.165, 1.54) is 0 Å². The van der Waals surface area contributed by atoms with Crippen molar-refractivity contribution >= 4 is 28.5 Å². The van der Waals surface area contributed by atoms with E-state index in [1.54, 1.807) is 12.1 Å². The maximum absolute atomic E-state index is 13.2. The predicted molar refractivity (Wildman–Crippen MR) is 146 cm³/mol. The van der Waals surface area contributed by atoms with Gasteiger partial charge in [-0.3, -0.25) is 9.59 Å². The second kappa shape index (κ2) is 10.9. The standard InChI is InChI=1S/C31H28N4O2/c1-22-16-18-25(19-17-22)32-29(36)21-35-28-15-9-8-14-26(28)33-30(35)27(20-23-10-4-2-5-11-23)34-31(37)24-12-6-3-7-13-24/h2-19,27H,20-21H2,1H3,(H,32,36)(H,34,37)/t27-/m1/s1. The molecule has 2 amide bonds. The summed E-state index contributed by atoms with van der Waals surface area (Å²) in [6.07, 6.45) is 0.530. The third-order valence-corrected chi connectivity index (χ3v) is 6.26. The highest BCUT2D eigenvalue weighted by atomic mass is 16.2. The second-order valence-electron chi connectivity index (χ2n) is 9.04. The molecule has 184 valence electrons. The number of imidazole rings is 1. The molecule has 0 fully saturated rings. The van der Waals surface area contributed by atoms with Crippen LogP contribution in [0.3, 0.4) is 0 Å². The molecule has 1 atom stereocenters. The van der Waals surface area contributed by atoms with Gasteiger partial charge in [-0.1, -0.05) is 78.4 Å². The Hall–Kier alpha value is -4.71. The highest BCUT2D eigenvalue weighted by Crippen LogP contribution is 2.25. The average molecular weight is 489 g/mol. The Bertz CT molecular complexity index is 1510. The summed E-state index contributed by atoms with van der Waals surface area (Å²) < 4.78 is 1.90. The van der Waals surface area contributed by atoms with Gasteiger partial charge in [0, 0.05) is 11.3 Å². The lowest BCUT2D eigenvalue weighted by atomic mass is 10.0. The number of anilines is 1. The average Bonchev–Trinajstić information content (AvgIpc) is 3.29. The Labute approximate surface area is 216 Å². The van der Waals surface area contributed by atoms with Crippen LogP contribution in [0, 0.1) is 6.92 Å². The molecule has 0 bridgehead atoms. The van der Waals surface area contributed by atoms with Crippen molar-refractivity contribution in [3.63, 3.8) is 0 Å². The largest absolute Gasteiger partial charge is 0.342 e. The molecule has 1 heterocycles. The molecule has 6 heteroatoms. The number of hydrogen-bond donors (Lipinski definition) is 2. The van der Waals surface area contributed by atoms with Crippen LogP contribution in [0.15, 0.2) is 109 Å². The molecule has 6 nitrogen and oxygen atoms in total. The summed E-state index contributed by atoms with van der Waals surface area (Å²) in [6.45, 7) is 2.07. The molecule has 4 aromatic carbocycles. The second-order valence-corrected chi connectivity index (χ2v) is 9.04. The summed E-state index contributed by atoms with van der Waals surface area (Å²) in [5, 5.41) is 6.15. The maximum Gasteiger partial charge on any atom is 0.251 e. The monoisotopic (exact) mass is 488 g/mol. The Kier molecular flexibility index (Phi) is 7.08. The van der Waals surface area contributed by atoms with E-state index in [2.05, 4.69) is 10.6 Å². The lowest BCUT2D eigenvalue weighted by Crippen LogP contribution is -2.33. The van der Waals surface area contributed by atoms with Gasteiger partial charge in [-0.2, -0.15) is 0 Å². The van der Waals surface area contributed by atoms with Crippen molar-refractivity contribution in [2.45, 2.75) is 25.9 Å². The van der Waals surface area contributed by atoms with E-state index < -0.39 is 6.04 Å². The lowest BCUT2D eigenvalue weighted by molar-refractivity contribution is -0.116. The van der Waals surface area contributed by atoms with Gasteiger partial charge in [0.1, 0.15) is 12.4 Å². The molecule has 5 aromatic rings. The molecule has 0 radical (unpaired) electrons. The van der Waals surface area contributed by atoms with Crippen molar-refractivity contribution in [2.75, 3.05) is 5.32 Å². The molecule has 0 aliphatic rings. The van der Waals surface area contributed by atoms with Gasteiger partial charge in [-0.25, -0.2) is 4.98 Å². The van der Waals surface area contributed by atoms with Crippen molar-refractivity contribution in [2.24, 2.45) is 0 Å². The van der Waals surface area contributed by atoms with Crippen LogP contribution >= 0.6 is 0 Å². The minimum Gasteiger partial charge on any atom is -0.342 e. The zero-order valence-corrected chi connectivity index (χ0v) is 20.6. The van der Waals surface area contributed by atoms with Gasteiger partial charge in [-0.05, 0) is 55.3 Å². The Morgan fingerprint density at radius 1 is 0.811 bits per heavy atom. The number of aromatic nitrogens is 2. The summed E-state index contributed by atoms with van der Waals surface area (Å²) in [4.78, 5) is 31.2. The van der Waals surface area contributed by atoms with Gasteiger partial charge < -0.3 is 15.2 Å². The quantitative estimate of drug-likeness (QED) is 0.294. The van der Waals surface area contributed by atoms with Gasteiger partial charge >= 0.3 is 0 Å². The number of nitrogens with zero attached hydrogens (tertiary/aromatic N) is 2. The number of hydrogen-bond acceptors (Lipinski definition) is 3. The number of amides is 2. The van der Waals surface area contributed by atoms with E-state index in [-0.39, 0.29) is 18.4 Å². The first-order chi connectivity index (χ1) is 18.1. The highest BCUT2D eigenvalue weighted by molar-refractivity contribution is 5.94. The van der Waals surface area contributed by atoms with Crippen LogP contribution in [0.4, 0.5) is 5.69 Å². The summed E-state index contributed by atoms with van der Waals surface area (Å²) in [5.74, 6) is 0.277. The summed E-state index contributed by atoms with van der Waals surface area (Å²) >= 11 is 0. The molecule has 5 rings (SSSR count). The zero-order valence-electron chi connectivity index (χ0n) is 20.6. The van der Waals surface area contributed by atoms with Crippen molar-refractivity contribution in [3.8, 4) is 0 Å². The first kappa shape index (κ1) is 24.0. The maximum atomic E-state index is 13.2. The number of nitrogens with one attached hydrogen (secondary N) is 2. The Morgan fingerprint density at radius 3 is 2.19 bits per heavy atom. The van der Waals surface area contributed by atoms with E-state index in [0.29, 0.717) is 17.8 Å². The first-order valence-corrected chi connectivity index (χ1v) is 12.3. The Morgan fingerprint density at radius 2 is 1.46 bits per heavy atom. The number of carbonyl (C=O) groups is 2. The predicted octanol–water partition coefficient (Wildman–Crippen LogP) is 5.70. The van der Waals surface area contributed by atoms with Crippen LogP contribution in [-0.2, 0) is 17.8 Å². The van der Waals surface area contributed by atoms with Crippen molar-refractivity contribution in [1.29, 1.82) is 0 Å². The van der Waals surface area contributed by atoms with Crippen molar-refractivity contribution < 1.29 is 9.59 Å². The number of para-hydroxylation sites is 2. The van der Waals surface area contributed by atoms with E-state index in [9.17, 15) is 9.59 Å². The van der Waals surface area contributed by atoms with E-state index in [0.717, 1.165) is 27.8 Å². The molecule has 0 aliphatic carbocycles. The SMILES string of the molecule is Cc1ccc(NC(=O)Cn2c([C@@H](Cc3ccccc3)NC(=O)c3ccccc3)nc3ccccc32)cc1. The zero-order chi connectivity index (χ0) is 25.6. The molecule has 0 spiro atoms. The fourth-order valence-electron chi connectivity index (χ4n) is 4.40. The summed E-state index contributed by atoms with van der Waals surface area (Å²) in [6, 6.07) is 34.1. The lowest BCUT2D eigenvalue weighted by Gasteiger charge is -2.20. The number of benzene rings is 4. The topological polar surface area (TPSA) is 76.0 Å². The Balaban J connectivity index is 1.50. The van der Waals surface area contributed by atoms with Crippen LogP contribution in [0.25, 0.3) is 11.0 Å². The third kappa shape index (κ3) is 5.76. The fourth-order valence-corrected chi connectivity index (χ4v) is 4.40. The molecule has 1 aromatic heterocycles. The summed E-state index contributed by atoms with van der Waals surface area (Å²) in [7, 11) is 0. The van der Waals surface area contributed by atoms with Gasteiger partial charge in [0.25, 0.3) is 5.91 Å². The number of carbonyl (C=O) groups excluding carboxylic acids is 2. The van der Waals surface area contributed by atoms with Gasteiger partial charge in [0.05, 0.1) is 17.1 Å². The molecular weight excluding hydrogens is 460 g/mol. The van der Waals surface area contributed by atoms with Crippen LogP contribution in [0.1, 0.15) is 33.4 Å². The molecule has 0 saturated carbocycles. The normalized spacial score (nSPS) is 11.7. The number of rotatable bonds is 8. The number of aryl methyl sites for hydroxylation is 1. The van der Waals surface area contributed by atoms with Crippen molar-refractivity contribution in [3.05, 3.63) is 132 Å². The number of fused-ring (bicyclic) bond motifs is 1. The summed E-state index contributed by atoms with van der Waals surface area (Å²) in [5.41, 5.74) is 5.10. The minimum atomic E-state index is -0.449. The molecule has 0 unspecified atom stereocenters. The molecule has 2 N–H and O–H groups in total. The van der Waals surface area contributed by atoms with E-state index in [4.69, 9.17) is 4.98 Å². The van der Waals surface area contributed by atoms with E-state index >= 15 is 0 Å². The molecular formula is C31H28N4O2. The van der Waals surface area contributed by atoms with Gasteiger partial charge in [-0.15, -0.1) is 0 Å². The molecule has 0 saturated heterocycles. The van der Waals surface area contributed by atoms with Crippen molar-refractivity contribution in [1.82, 2.24) is 14.9 Å². The smallest absolute Gasteiger partial charge is 0.251 e. The minimum absolute atomic E-state index is 0.0657. The van der Waals surface area contributed by atoms with Gasteiger partial charge in [0.2, 0.25) is 5.91 Å². The van der Waals surface area contributed by atoms with E-state index in [1.807, 2.05) is 109 Å². The molecule has 37 heavy (non-hydrogen) atoms. The van der Waals surface area contributed by atoms with Crippen LogP contribution in [0.5, 0.6) is 0 Å². The first-order valence-electron chi connectivity index (χ1n) is 12.3. The van der Waals surface area contributed by atoms with Crippen LogP contribution in [0.2, 0.25) is 0 Å². The molecule has 0 aliphatic heterocycles. The highest BCUT2D eigenvalue weighted by Gasteiger charge is 2.24. The van der Waals surface area contributed by atoms with Gasteiger partial charge in [0.15, 0.2) is 0 Å². The third-order valence-electron chi connectivity index (χ3n) is 6.26. The van der Waals surface area contributed by atoms with Crippen LogP contribution in [-0.4, -0.2) is 21.4 Å².